The van der Waals surface area contributed by atoms with Gasteiger partial charge in [-0.2, -0.15) is 0 Å². The van der Waals surface area contributed by atoms with E-state index in [1.807, 2.05) is 19.0 Å². The van der Waals surface area contributed by atoms with Crippen molar-refractivity contribution in [3.8, 4) is 0 Å². The van der Waals surface area contributed by atoms with Gasteiger partial charge >= 0.3 is 0 Å². The molecule has 2 heterocycles. The van der Waals surface area contributed by atoms with Crippen molar-refractivity contribution < 1.29 is 0 Å². The number of rotatable bonds is 1. The molecule has 0 spiro atoms. The van der Waals surface area contributed by atoms with Crippen molar-refractivity contribution in [1.82, 2.24) is 15.3 Å². The maximum absolute atomic E-state index is 5.09. The number of anilines is 1. The highest BCUT2D eigenvalue weighted by molar-refractivity contribution is 7.71. The summed E-state index contributed by atoms with van der Waals surface area (Å²) >= 11 is 5.09. The molecule has 0 amide bonds. The van der Waals surface area contributed by atoms with Gasteiger partial charge in [0.1, 0.15) is 5.82 Å². The Labute approximate surface area is 88.4 Å². The molecule has 0 atom stereocenters. The van der Waals surface area contributed by atoms with Gasteiger partial charge in [0.05, 0.1) is 0 Å². The normalized spacial score (nSPS) is 15.0. The highest BCUT2D eigenvalue weighted by Crippen LogP contribution is 2.20. The third-order valence-corrected chi connectivity index (χ3v) is 2.57. The van der Waals surface area contributed by atoms with Crippen LogP contribution in [0.1, 0.15) is 11.3 Å². The molecular formula is C9H14N4S. The smallest absolute Gasteiger partial charge is 0.198 e. The van der Waals surface area contributed by atoms with Crippen molar-refractivity contribution in [3.05, 3.63) is 16.0 Å². The van der Waals surface area contributed by atoms with Gasteiger partial charge in [-0.05, 0) is 12.2 Å². The summed E-state index contributed by atoms with van der Waals surface area (Å²) in [6, 6.07) is 0. The number of H-pyrrole nitrogens is 1. The second-order valence-electron chi connectivity index (χ2n) is 3.64. The van der Waals surface area contributed by atoms with Crippen LogP contribution in [-0.4, -0.2) is 30.6 Å². The molecule has 0 aromatic carbocycles. The minimum absolute atomic E-state index is 0.578. The van der Waals surface area contributed by atoms with Crippen molar-refractivity contribution in [2.75, 3.05) is 25.5 Å². The Morgan fingerprint density at radius 3 is 2.93 bits per heavy atom. The van der Waals surface area contributed by atoms with Crippen LogP contribution in [0, 0.1) is 4.77 Å². The van der Waals surface area contributed by atoms with Gasteiger partial charge in [0, 0.05) is 44.9 Å². The van der Waals surface area contributed by atoms with Crippen molar-refractivity contribution in [2.24, 2.45) is 0 Å². The van der Waals surface area contributed by atoms with Gasteiger partial charge < -0.3 is 15.2 Å². The number of fused-ring (bicyclic) bond motifs is 1. The van der Waals surface area contributed by atoms with Crippen LogP contribution in [0.3, 0.4) is 0 Å². The molecule has 0 radical (unpaired) electrons. The molecule has 76 valence electrons. The van der Waals surface area contributed by atoms with Crippen molar-refractivity contribution in [1.29, 1.82) is 0 Å². The minimum Gasteiger partial charge on any atom is -0.362 e. The van der Waals surface area contributed by atoms with E-state index >= 15 is 0 Å². The Balaban J connectivity index is 2.58. The van der Waals surface area contributed by atoms with Crippen molar-refractivity contribution >= 4 is 18.0 Å². The van der Waals surface area contributed by atoms with E-state index in [1.54, 1.807) is 0 Å². The number of nitrogens with zero attached hydrogens (tertiary/aromatic N) is 2. The zero-order chi connectivity index (χ0) is 10.1. The van der Waals surface area contributed by atoms with Gasteiger partial charge in [-0.3, -0.25) is 0 Å². The molecule has 1 aliphatic rings. The average Bonchev–Trinajstić information content (AvgIpc) is 2.16. The van der Waals surface area contributed by atoms with E-state index in [-0.39, 0.29) is 0 Å². The maximum atomic E-state index is 5.09. The van der Waals surface area contributed by atoms with Crippen LogP contribution < -0.4 is 10.2 Å². The van der Waals surface area contributed by atoms with Crippen LogP contribution in [0.5, 0.6) is 0 Å². The Kier molecular flexibility index (Phi) is 2.52. The van der Waals surface area contributed by atoms with E-state index in [2.05, 4.69) is 15.3 Å². The Hall–Kier alpha value is -0.940. The third kappa shape index (κ3) is 1.65. The first kappa shape index (κ1) is 9.61. The predicted octanol–water partition coefficient (Wildman–Crippen LogP) is 0.851. The fraction of sp³-hybridized carbons (Fsp3) is 0.556. The SMILES string of the molecule is CN(C)c1nc(=S)[nH]c2c1CNCC2. The van der Waals surface area contributed by atoms with Crippen LogP contribution in [0.15, 0.2) is 0 Å². The summed E-state index contributed by atoms with van der Waals surface area (Å²) in [5, 5.41) is 3.33. The Bertz CT molecular complexity index is 396. The lowest BCUT2D eigenvalue weighted by molar-refractivity contribution is 0.623. The first-order valence-electron chi connectivity index (χ1n) is 4.68. The van der Waals surface area contributed by atoms with Crippen molar-refractivity contribution in [2.45, 2.75) is 13.0 Å². The summed E-state index contributed by atoms with van der Waals surface area (Å²) in [5.41, 5.74) is 2.47. The zero-order valence-corrected chi connectivity index (χ0v) is 9.24. The van der Waals surface area contributed by atoms with Crippen LogP contribution in [-0.2, 0) is 13.0 Å². The summed E-state index contributed by atoms with van der Waals surface area (Å²) in [7, 11) is 3.98. The quantitative estimate of drug-likeness (QED) is 0.675. The van der Waals surface area contributed by atoms with Gasteiger partial charge in [0.25, 0.3) is 0 Å². The molecule has 0 saturated carbocycles. The van der Waals surface area contributed by atoms with E-state index in [4.69, 9.17) is 12.2 Å². The third-order valence-electron chi connectivity index (χ3n) is 2.38. The summed E-state index contributed by atoms with van der Waals surface area (Å²) < 4.78 is 0.578. The van der Waals surface area contributed by atoms with E-state index in [0.717, 1.165) is 25.3 Å². The molecular weight excluding hydrogens is 196 g/mol. The number of hydrogen-bond acceptors (Lipinski definition) is 4. The van der Waals surface area contributed by atoms with E-state index in [9.17, 15) is 0 Å². The topological polar surface area (TPSA) is 44.0 Å². The molecule has 0 unspecified atom stereocenters. The van der Waals surface area contributed by atoms with Crippen molar-refractivity contribution in [3.63, 3.8) is 0 Å². The fourth-order valence-corrected chi connectivity index (χ4v) is 1.94. The monoisotopic (exact) mass is 210 g/mol. The van der Waals surface area contributed by atoms with Gasteiger partial charge in [-0.15, -0.1) is 0 Å². The second-order valence-corrected chi connectivity index (χ2v) is 4.03. The maximum Gasteiger partial charge on any atom is 0.198 e. The number of nitrogens with one attached hydrogen (secondary N) is 2. The minimum atomic E-state index is 0.578. The number of aromatic nitrogens is 2. The van der Waals surface area contributed by atoms with Crippen LogP contribution in [0.2, 0.25) is 0 Å². The summed E-state index contributed by atoms with van der Waals surface area (Å²) in [6.07, 6.45) is 1.00. The summed E-state index contributed by atoms with van der Waals surface area (Å²) in [6.45, 7) is 1.89. The molecule has 0 fully saturated rings. The van der Waals surface area contributed by atoms with Crippen LogP contribution >= 0.6 is 12.2 Å². The fourth-order valence-electron chi connectivity index (χ4n) is 1.73. The Morgan fingerprint density at radius 2 is 2.21 bits per heavy atom. The molecule has 14 heavy (non-hydrogen) atoms. The van der Waals surface area contributed by atoms with Crippen LogP contribution in [0.25, 0.3) is 0 Å². The molecule has 2 rings (SSSR count). The lowest BCUT2D eigenvalue weighted by Crippen LogP contribution is -2.28. The molecule has 1 aromatic rings. The lowest BCUT2D eigenvalue weighted by atomic mass is 10.1. The molecule has 0 saturated heterocycles. The molecule has 0 bridgehead atoms. The second kappa shape index (κ2) is 3.67. The highest BCUT2D eigenvalue weighted by atomic mass is 32.1. The molecule has 1 aliphatic heterocycles. The van der Waals surface area contributed by atoms with Gasteiger partial charge in [-0.25, -0.2) is 4.98 Å². The standard InChI is InChI=1S/C9H14N4S/c1-13(2)8-6-5-10-4-3-7(6)11-9(14)12-8/h10H,3-5H2,1-2H3,(H,11,12,14). The lowest BCUT2D eigenvalue weighted by Gasteiger charge is -2.22. The van der Waals surface area contributed by atoms with E-state index in [0.29, 0.717) is 4.77 Å². The molecule has 0 aliphatic carbocycles. The first-order valence-corrected chi connectivity index (χ1v) is 5.09. The van der Waals surface area contributed by atoms with Gasteiger partial charge in [-0.1, -0.05) is 0 Å². The highest BCUT2D eigenvalue weighted by Gasteiger charge is 2.15. The van der Waals surface area contributed by atoms with Crippen LogP contribution in [0.4, 0.5) is 5.82 Å². The molecule has 4 nitrogen and oxygen atoms in total. The average molecular weight is 210 g/mol. The molecule has 1 aromatic heterocycles. The molecule has 2 N–H and O–H groups in total. The predicted molar refractivity (Wildman–Crippen MR) is 59.2 cm³/mol. The summed E-state index contributed by atoms with van der Waals surface area (Å²) in [4.78, 5) is 9.50. The largest absolute Gasteiger partial charge is 0.362 e. The molecule has 5 heteroatoms. The van der Waals surface area contributed by atoms with E-state index < -0.39 is 0 Å². The number of hydrogen-bond donors (Lipinski definition) is 2. The van der Waals surface area contributed by atoms with Gasteiger partial charge in [0.15, 0.2) is 4.77 Å². The Morgan fingerprint density at radius 1 is 1.43 bits per heavy atom. The first-order chi connectivity index (χ1) is 6.68. The van der Waals surface area contributed by atoms with E-state index in [1.165, 1.54) is 11.3 Å². The van der Waals surface area contributed by atoms with Gasteiger partial charge in [0.2, 0.25) is 0 Å². The summed E-state index contributed by atoms with van der Waals surface area (Å²) in [5.74, 6) is 0.982. The number of aromatic amines is 1. The zero-order valence-electron chi connectivity index (χ0n) is 8.42.